The molecule has 1 heterocycles. The van der Waals surface area contributed by atoms with Gasteiger partial charge in [-0.1, -0.05) is 60.2 Å². The number of fused-ring (bicyclic) bond motifs is 1. The van der Waals surface area contributed by atoms with Gasteiger partial charge >= 0.3 is 0 Å². The number of amides is 1. The molecule has 0 aliphatic heterocycles. The van der Waals surface area contributed by atoms with E-state index in [1.807, 2.05) is 91.3 Å². The van der Waals surface area contributed by atoms with E-state index in [0.717, 1.165) is 22.2 Å². The van der Waals surface area contributed by atoms with Gasteiger partial charge in [0, 0.05) is 29.9 Å². The fourth-order valence-corrected chi connectivity index (χ4v) is 3.42. The number of nitrogens with one attached hydrogen (secondary N) is 1. The lowest BCUT2D eigenvalue weighted by Crippen LogP contribution is -2.23. The molecule has 0 saturated heterocycles. The van der Waals surface area contributed by atoms with E-state index in [4.69, 9.17) is 0 Å². The summed E-state index contributed by atoms with van der Waals surface area (Å²) in [7, 11) is 1.84. The average Bonchev–Trinajstić information content (AvgIpc) is 2.71. The van der Waals surface area contributed by atoms with Gasteiger partial charge in [-0.15, -0.1) is 0 Å². The fourth-order valence-electron chi connectivity index (χ4n) is 3.42. The van der Waals surface area contributed by atoms with Crippen LogP contribution < -0.4 is 10.7 Å². The highest BCUT2D eigenvalue weighted by Gasteiger charge is 2.16. The van der Waals surface area contributed by atoms with Crippen LogP contribution in [-0.4, -0.2) is 10.5 Å². The van der Waals surface area contributed by atoms with Crippen molar-refractivity contribution >= 4 is 22.5 Å². The molecule has 0 atom stereocenters. The molecule has 4 rings (SSSR count). The Balaban J connectivity index is 1.77. The minimum Gasteiger partial charge on any atom is -0.350 e. The zero-order valence-electron chi connectivity index (χ0n) is 15.8. The number of para-hydroxylation sites is 1. The summed E-state index contributed by atoms with van der Waals surface area (Å²) in [6.07, 6.45) is 1.60. The molecule has 0 saturated carbocycles. The lowest BCUT2D eigenvalue weighted by atomic mass is 10.0. The van der Waals surface area contributed by atoms with Crippen molar-refractivity contribution in [3.8, 4) is 11.1 Å². The van der Waals surface area contributed by atoms with Gasteiger partial charge in [-0.25, -0.2) is 0 Å². The van der Waals surface area contributed by atoms with Gasteiger partial charge in [0.2, 0.25) is 5.43 Å². The SMILES string of the molecule is Cc1ccc2c(c1)c(=O)c(C(=O)Nc1ccccc1-c1ccccc1)cn2C. The van der Waals surface area contributed by atoms with E-state index in [1.165, 1.54) is 0 Å². The summed E-state index contributed by atoms with van der Waals surface area (Å²) in [6.45, 7) is 1.93. The molecule has 0 spiro atoms. The minimum atomic E-state index is -0.410. The highest BCUT2D eigenvalue weighted by atomic mass is 16.2. The monoisotopic (exact) mass is 368 g/mol. The number of carbonyl (C=O) groups excluding carboxylic acids is 1. The number of rotatable bonds is 3. The second kappa shape index (κ2) is 7.16. The third-order valence-electron chi connectivity index (χ3n) is 4.85. The first kappa shape index (κ1) is 17.7. The molecule has 1 aromatic heterocycles. The van der Waals surface area contributed by atoms with E-state index in [2.05, 4.69) is 5.32 Å². The Morgan fingerprint density at radius 1 is 0.929 bits per heavy atom. The quantitative estimate of drug-likeness (QED) is 0.566. The number of hydrogen-bond acceptors (Lipinski definition) is 2. The Kier molecular flexibility index (Phi) is 4.53. The Labute approximate surface area is 163 Å². The van der Waals surface area contributed by atoms with Gasteiger partial charge in [0.25, 0.3) is 5.91 Å². The predicted molar refractivity (Wildman–Crippen MR) is 114 cm³/mol. The van der Waals surface area contributed by atoms with Crippen LogP contribution in [0.15, 0.2) is 83.8 Å². The van der Waals surface area contributed by atoms with Crippen LogP contribution in [0.2, 0.25) is 0 Å². The van der Waals surface area contributed by atoms with E-state index in [-0.39, 0.29) is 11.0 Å². The van der Waals surface area contributed by atoms with E-state index < -0.39 is 5.91 Å². The normalized spacial score (nSPS) is 10.8. The molecular weight excluding hydrogens is 348 g/mol. The lowest BCUT2D eigenvalue weighted by molar-refractivity contribution is 0.102. The number of benzene rings is 3. The molecule has 4 heteroatoms. The van der Waals surface area contributed by atoms with Crippen molar-refractivity contribution < 1.29 is 4.79 Å². The van der Waals surface area contributed by atoms with E-state index in [9.17, 15) is 9.59 Å². The highest BCUT2D eigenvalue weighted by Crippen LogP contribution is 2.27. The molecule has 1 amide bonds. The van der Waals surface area contributed by atoms with Gasteiger partial charge in [0.1, 0.15) is 5.56 Å². The fraction of sp³-hybridized carbons (Fsp3) is 0.0833. The Morgan fingerprint density at radius 3 is 2.43 bits per heavy atom. The second-order valence-electron chi connectivity index (χ2n) is 6.87. The van der Waals surface area contributed by atoms with E-state index >= 15 is 0 Å². The predicted octanol–water partition coefficient (Wildman–Crippen LogP) is 4.77. The number of carbonyl (C=O) groups is 1. The van der Waals surface area contributed by atoms with E-state index in [0.29, 0.717) is 11.1 Å². The molecule has 28 heavy (non-hydrogen) atoms. The zero-order valence-corrected chi connectivity index (χ0v) is 15.8. The van der Waals surface area contributed by atoms with Crippen LogP contribution in [0.5, 0.6) is 0 Å². The molecule has 4 aromatic rings. The maximum Gasteiger partial charge on any atom is 0.261 e. The van der Waals surface area contributed by atoms with Crippen LogP contribution >= 0.6 is 0 Å². The molecule has 0 radical (unpaired) electrons. The largest absolute Gasteiger partial charge is 0.350 e. The second-order valence-corrected chi connectivity index (χ2v) is 6.87. The molecule has 1 N–H and O–H groups in total. The van der Waals surface area contributed by atoms with Crippen molar-refractivity contribution in [2.75, 3.05) is 5.32 Å². The van der Waals surface area contributed by atoms with Gasteiger partial charge in [-0.2, -0.15) is 0 Å². The summed E-state index contributed by atoms with van der Waals surface area (Å²) in [4.78, 5) is 25.9. The standard InChI is InChI=1S/C24H20N2O2/c1-16-12-13-22-19(14-16)23(27)20(15-26(22)2)24(28)25-21-11-7-6-10-18(21)17-8-4-3-5-9-17/h3-15H,1-2H3,(H,25,28). The van der Waals surface area contributed by atoms with Gasteiger partial charge in [0.05, 0.1) is 5.52 Å². The maximum absolute atomic E-state index is 13.0. The summed E-state index contributed by atoms with van der Waals surface area (Å²) < 4.78 is 1.81. The van der Waals surface area contributed by atoms with Crippen molar-refractivity contribution in [2.24, 2.45) is 7.05 Å². The van der Waals surface area contributed by atoms with Crippen molar-refractivity contribution in [2.45, 2.75) is 6.92 Å². The van der Waals surface area contributed by atoms with Crippen molar-refractivity contribution in [1.29, 1.82) is 0 Å². The van der Waals surface area contributed by atoms with Crippen LogP contribution in [0.25, 0.3) is 22.0 Å². The number of aromatic nitrogens is 1. The molecule has 0 unspecified atom stereocenters. The highest BCUT2D eigenvalue weighted by molar-refractivity contribution is 6.07. The third-order valence-corrected chi connectivity index (χ3v) is 4.85. The van der Waals surface area contributed by atoms with Gasteiger partial charge in [-0.05, 0) is 30.7 Å². The summed E-state index contributed by atoms with van der Waals surface area (Å²) in [5.74, 6) is -0.410. The summed E-state index contributed by atoms with van der Waals surface area (Å²) >= 11 is 0. The molecule has 0 aliphatic carbocycles. The first-order valence-electron chi connectivity index (χ1n) is 9.10. The molecule has 0 aliphatic rings. The molecule has 4 nitrogen and oxygen atoms in total. The zero-order chi connectivity index (χ0) is 19.7. The van der Waals surface area contributed by atoms with Crippen LogP contribution in [0.1, 0.15) is 15.9 Å². The van der Waals surface area contributed by atoms with Crippen molar-refractivity contribution in [3.05, 3.63) is 100 Å². The van der Waals surface area contributed by atoms with Crippen LogP contribution in [-0.2, 0) is 7.05 Å². The first-order chi connectivity index (χ1) is 13.5. The van der Waals surface area contributed by atoms with Crippen LogP contribution in [0.4, 0.5) is 5.69 Å². The molecule has 3 aromatic carbocycles. The smallest absolute Gasteiger partial charge is 0.261 e. The van der Waals surface area contributed by atoms with E-state index in [1.54, 1.807) is 6.20 Å². The first-order valence-corrected chi connectivity index (χ1v) is 9.10. The molecule has 0 bridgehead atoms. The Morgan fingerprint density at radius 2 is 1.64 bits per heavy atom. The average molecular weight is 368 g/mol. The summed E-state index contributed by atoms with van der Waals surface area (Å²) in [6, 6.07) is 23.1. The minimum absolute atomic E-state index is 0.128. The van der Waals surface area contributed by atoms with Gasteiger partial charge < -0.3 is 9.88 Å². The number of pyridine rings is 1. The summed E-state index contributed by atoms with van der Waals surface area (Å²) in [5, 5.41) is 3.47. The van der Waals surface area contributed by atoms with Crippen LogP contribution in [0.3, 0.4) is 0 Å². The van der Waals surface area contributed by atoms with Crippen molar-refractivity contribution in [3.63, 3.8) is 0 Å². The molecule has 0 fully saturated rings. The van der Waals surface area contributed by atoms with Crippen molar-refractivity contribution in [1.82, 2.24) is 4.57 Å². The van der Waals surface area contributed by atoms with Gasteiger partial charge in [-0.3, -0.25) is 9.59 Å². The number of nitrogens with zero attached hydrogens (tertiary/aromatic N) is 1. The molecular formula is C24H20N2O2. The Hall–Kier alpha value is -3.66. The Bertz CT molecular complexity index is 1240. The van der Waals surface area contributed by atoms with Crippen LogP contribution in [0, 0.1) is 6.92 Å². The topological polar surface area (TPSA) is 51.1 Å². The molecule has 138 valence electrons. The number of anilines is 1. The lowest BCUT2D eigenvalue weighted by Gasteiger charge is -2.13. The number of aryl methyl sites for hydroxylation is 2. The third kappa shape index (κ3) is 3.21. The maximum atomic E-state index is 13.0. The van der Waals surface area contributed by atoms with Gasteiger partial charge in [0.15, 0.2) is 0 Å². The summed E-state index contributed by atoms with van der Waals surface area (Å²) in [5.41, 5.74) is 4.24. The number of hydrogen-bond donors (Lipinski definition) is 1.